The minimum absolute atomic E-state index is 0.181. The Labute approximate surface area is 113 Å². The molecule has 1 rings (SSSR count). The molecule has 0 aliphatic carbocycles. The van der Waals surface area contributed by atoms with Crippen LogP contribution in [0.1, 0.15) is 6.92 Å². The van der Waals surface area contributed by atoms with E-state index in [4.69, 9.17) is 21.1 Å². The number of hydrogen-bond donors (Lipinski definition) is 1. The fourth-order valence-corrected chi connectivity index (χ4v) is 1.50. The molecule has 4 nitrogen and oxygen atoms in total. The second-order valence-corrected chi connectivity index (χ2v) is 5.07. The van der Waals surface area contributed by atoms with Crippen molar-refractivity contribution in [2.24, 2.45) is 0 Å². The lowest BCUT2D eigenvalue weighted by Gasteiger charge is -2.13. The first-order valence-corrected chi connectivity index (χ1v) is 6.15. The number of amides is 1. The highest BCUT2D eigenvalue weighted by molar-refractivity contribution is 9.10. The molecule has 0 heterocycles. The molecule has 0 saturated heterocycles. The molecule has 1 unspecified atom stereocenters. The van der Waals surface area contributed by atoms with Crippen molar-refractivity contribution in [2.75, 3.05) is 19.5 Å². The highest BCUT2D eigenvalue weighted by atomic mass is 79.9. The summed E-state index contributed by atoms with van der Waals surface area (Å²) in [5.74, 6) is 0.843. The predicted octanol–water partition coefficient (Wildman–Crippen LogP) is 3.08. The molecule has 1 amide bonds. The maximum absolute atomic E-state index is 11.5. The summed E-state index contributed by atoms with van der Waals surface area (Å²) in [6, 6.07) is 3.21. The van der Waals surface area contributed by atoms with E-state index >= 15 is 0 Å². The molecule has 0 saturated carbocycles. The summed E-state index contributed by atoms with van der Waals surface area (Å²) >= 11 is 9.19. The van der Waals surface area contributed by atoms with E-state index in [1.807, 2.05) is 0 Å². The number of alkyl halides is 1. The van der Waals surface area contributed by atoms with Gasteiger partial charge in [0.15, 0.2) is 11.5 Å². The van der Waals surface area contributed by atoms with E-state index < -0.39 is 0 Å². The van der Waals surface area contributed by atoms with Crippen LogP contribution in [-0.4, -0.2) is 25.0 Å². The Kier molecular flexibility index (Phi) is 5.08. The summed E-state index contributed by atoms with van der Waals surface area (Å²) in [6.07, 6.45) is 0. The largest absolute Gasteiger partial charge is 0.493 e. The standard InChI is InChI=1S/C11H13BrClNO3/c1-6(12)11(15)14-8-5-10(17-3)9(16-2)4-7(8)13/h4-6H,1-3H3,(H,14,15). The molecule has 0 radical (unpaired) electrons. The third-order valence-corrected chi connectivity index (χ3v) is 2.82. The Morgan fingerprint density at radius 3 is 2.35 bits per heavy atom. The van der Waals surface area contributed by atoms with E-state index in [1.54, 1.807) is 19.1 Å². The highest BCUT2D eigenvalue weighted by Gasteiger charge is 2.14. The lowest BCUT2D eigenvalue weighted by molar-refractivity contribution is -0.115. The molecule has 17 heavy (non-hydrogen) atoms. The summed E-state index contributed by atoms with van der Waals surface area (Å²) in [6.45, 7) is 1.73. The molecule has 6 heteroatoms. The third kappa shape index (κ3) is 3.51. The van der Waals surface area contributed by atoms with Gasteiger partial charge >= 0.3 is 0 Å². The van der Waals surface area contributed by atoms with Crippen molar-refractivity contribution >= 4 is 39.1 Å². The van der Waals surface area contributed by atoms with Crippen molar-refractivity contribution in [3.05, 3.63) is 17.2 Å². The number of ether oxygens (including phenoxy) is 2. The topological polar surface area (TPSA) is 47.6 Å². The van der Waals surface area contributed by atoms with Gasteiger partial charge in [0.1, 0.15) is 0 Å². The number of methoxy groups -OCH3 is 2. The van der Waals surface area contributed by atoms with Gasteiger partial charge in [0, 0.05) is 12.1 Å². The SMILES string of the molecule is COc1cc(Cl)c(NC(=O)C(C)Br)cc1OC. The first-order valence-electron chi connectivity index (χ1n) is 4.86. The maximum atomic E-state index is 11.5. The van der Waals surface area contributed by atoms with Crippen LogP contribution in [0.2, 0.25) is 5.02 Å². The molecule has 0 spiro atoms. The summed E-state index contributed by atoms with van der Waals surface area (Å²) in [5, 5.41) is 3.08. The molecule has 0 aliphatic rings. The van der Waals surface area contributed by atoms with E-state index in [-0.39, 0.29) is 10.7 Å². The first kappa shape index (κ1) is 14.1. The van der Waals surface area contributed by atoms with Crippen LogP contribution >= 0.6 is 27.5 Å². The van der Waals surface area contributed by atoms with Gasteiger partial charge in [-0.15, -0.1) is 0 Å². The van der Waals surface area contributed by atoms with Gasteiger partial charge in [-0.1, -0.05) is 27.5 Å². The number of anilines is 1. The molecular formula is C11H13BrClNO3. The van der Waals surface area contributed by atoms with E-state index in [2.05, 4.69) is 21.2 Å². The summed E-state index contributed by atoms with van der Waals surface area (Å²) < 4.78 is 10.2. The third-order valence-electron chi connectivity index (χ3n) is 2.09. The van der Waals surface area contributed by atoms with Crippen LogP contribution < -0.4 is 14.8 Å². The molecule has 0 aromatic heterocycles. The average molecular weight is 323 g/mol. The summed E-state index contributed by atoms with van der Waals surface area (Å²) in [7, 11) is 3.04. The van der Waals surface area contributed by atoms with Gasteiger partial charge in [0.25, 0.3) is 0 Å². The Morgan fingerprint density at radius 1 is 1.35 bits per heavy atom. The van der Waals surface area contributed by atoms with Gasteiger partial charge in [-0.2, -0.15) is 0 Å². The summed E-state index contributed by atoms with van der Waals surface area (Å²) in [4.78, 5) is 11.2. The van der Waals surface area contributed by atoms with E-state index in [9.17, 15) is 4.79 Å². The fraction of sp³-hybridized carbons (Fsp3) is 0.364. The zero-order valence-corrected chi connectivity index (χ0v) is 12.1. The molecule has 1 aromatic rings. The number of carbonyl (C=O) groups excluding carboxylic acids is 1. The number of benzene rings is 1. The zero-order valence-electron chi connectivity index (χ0n) is 9.71. The summed E-state index contributed by atoms with van der Waals surface area (Å²) in [5.41, 5.74) is 0.487. The van der Waals surface area contributed by atoms with Crippen molar-refractivity contribution < 1.29 is 14.3 Å². The van der Waals surface area contributed by atoms with Gasteiger partial charge in [-0.05, 0) is 6.92 Å². The molecule has 1 atom stereocenters. The Morgan fingerprint density at radius 2 is 1.88 bits per heavy atom. The predicted molar refractivity (Wildman–Crippen MR) is 71.6 cm³/mol. The average Bonchev–Trinajstić information content (AvgIpc) is 2.30. The van der Waals surface area contributed by atoms with Crippen LogP contribution in [-0.2, 0) is 4.79 Å². The van der Waals surface area contributed by atoms with E-state index in [1.165, 1.54) is 14.2 Å². The molecule has 0 aliphatic heterocycles. The maximum Gasteiger partial charge on any atom is 0.237 e. The fourth-order valence-electron chi connectivity index (χ4n) is 1.18. The van der Waals surface area contributed by atoms with Gasteiger partial charge in [-0.3, -0.25) is 4.79 Å². The van der Waals surface area contributed by atoms with Crippen LogP contribution in [0, 0.1) is 0 Å². The molecular weight excluding hydrogens is 309 g/mol. The Balaban J connectivity index is 3.04. The minimum atomic E-state index is -0.299. The highest BCUT2D eigenvalue weighted by Crippen LogP contribution is 2.36. The minimum Gasteiger partial charge on any atom is -0.493 e. The van der Waals surface area contributed by atoms with Crippen molar-refractivity contribution in [2.45, 2.75) is 11.8 Å². The van der Waals surface area contributed by atoms with Crippen molar-refractivity contribution in [1.29, 1.82) is 0 Å². The smallest absolute Gasteiger partial charge is 0.237 e. The quantitative estimate of drug-likeness (QED) is 0.867. The lowest BCUT2D eigenvalue weighted by atomic mass is 10.2. The van der Waals surface area contributed by atoms with Gasteiger partial charge < -0.3 is 14.8 Å². The van der Waals surface area contributed by atoms with Crippen LogP contribution in [0.3, 0.4) is 0 Å². The van der Waals surface area contributed by atoms with Crippen LogP contribution in [0.5, 0.6) is 11.5 Å². The molecule has 1 N–H and O–H groups in total. The second-order valence-electron chi connectivity index (χ2n) is 3.29. The normalized spacial score (nSPS) is 11.8. The number of halogens is 2. The zero-order chi connectivity index (χ0) is 13.0. The van der Waals surface area contributed by atoms with Crippen LogP contribution in [0.25, 0.3) is 0 Å². The van der Waals surface area contributed by atoms with E-state index in [0.717, 1.165) is 0 Å². The van der Waals surface area contributed by atoms with Crippen LogP contribution in [0.4, 0.5) is 5.69 Å². The Bertz CT molecular complexity index is 423. The molecule has 0 fully saturated rings. The molecule has 94 valence electrons. The number of hydrogen-bond acceptors (Lipinski definition) is 3. The van der Waals surface area contributed by atoms with Crippen molar-refractivity contribution in [3.8, 4) is 11.5 Å². The van der Waals surface area contributed by atoms with Crippen molar-refractivity contribution in [1.82, 2.24) is 0 Å². The van der Waals surface area contributed by atoms with Gasteiger partial charge in [0.2, 0.25) is 5.91 Å². The van der Waals surface area contributed by atoms with Gasteiger partial charge in [-0.25, -0.2) is 0 Å². The number of rotatable bonds is 4. The number of carbonyl (C=O) groups is 1. The van der Waals surface area contributed by atoms with Crippen LogP contribution in [0.15, 0.2) is 12.1 Å². The number of nitrogens with one attached hydrogen (secondary N) is 1. The molecule has 1 aromatic carbocycles. The van der Waals surface area contributed by atoms with Gasteiger partial charge in [0.05, 0.1) is 29.8 Å². The first-order chi connectivity index (χ1) is 7.99. The van der Waals surface area contributed by atoms with E-state index in [0.29, 0.717) is 22.2 Å². The van der Waals surface area contributed by atoms with Crippen molar-refractivity contribution in [3.63, 3.8) is 0 Å². The monoisotopic (exact) mass is 321 g/mol. The second kappa shape index (κ2) is 6.12. The Hall–Kier alpha value is -0.940. The lowest BCUT2D eigenvalue weighted by Crippen LogP contribution is -2.20. The molecule has 0 bridgehead atoms.